The summed E-state index contributed by atoms with van der Waals surface area (Å²) in [7, 11) is 0. The van der Waals surface area contributed by atoms with Crippen molar-refractivity contribution >= 4 is 56.5 Å². The molecule has 5 rings (SSSR count). The van der Waals surface area contributed by atoms with Gasteiger partial charge in [-0.15, -0.1) is 11.3 Å². The van der Waals surface area contributed by atoms with Gasteiger partial charge < -0.3 is 5.32 Å². The van der Waals surface area contributed by atoms with Gasteiger partial charge in [0.25, 0.3) is 5.56 Å². The number of carbonyl (C=O) groups is 1. The van der Waals surface area contributed by atoms with Crippen LogP contribution in [0.15, 0.2) is 28.3 Å². The molecule has 0 atom stereocenters. The van der Waals surface area contributed by atoms with Crippen molar-refractivity contribution in [1.29, 1.82) is 0 Å². The van der Waals surface area contributed by atoms with Gasteiger partial charge in [-0.3, -0.25) is 14.2 Å². The lowest BCUT2D eigenvalue weighted by molar-refractivity contribution is -0.113. The van der Waals surface area contributed by atoms with E-state index in [0.717, 1.165) is 55.2 Å². The fourth-order valence-electron chi connectivity index (χ4n) is 4.58. The highest BCUT2D eigenvalue weighted by atomic mass is 35.5. The fraction of sp³-hybridized carbons (Fsp3) is 0.455. The Bertz CT molecular complexity index is 1200. The number of pyridine rings is 1. The molecule has 1 N–H and O–H groups in total. The molecular weight excluding hydrogens is 452 g/mol. The van der Waals surface area contributed by atoms with Gasteiger partial charge in [0.15, 0.2) is 10.3 Å². The SMILES string of the molecule is O=C(CSc1nc2sc3c(c2c(=O)n1C1CCCC1)CCCC3)Nc1cccnc1Cl. The number of rotatable bonds is 5. The van der Waals surface area contributed by atoms with Crippen molar-refractivity contribution in [2.24, 2.45) is 0 Å². The lowest BCUT2D eigenvalue weighted by atomic mass is 9.97. The third-order valence-corrected chi connectivity index (χ3v) is 8.48. The summed E-state index contributed by atoms with van der Waals surface area (Å²) in [5.74, 6) is -0.0428. The Hall–Kier alpha value is -1.90. The summed E-state index contributed by atoms with van der Waals surface area (Å²) in [6.45, 7) is 0. The van der Waals surface area contributed by atoms with E-state index < -0.39 is 0 Å². The first-order valence-corrected chi connectivity index (χ1v) is 12.9. The number of amides is 1. The molecule has 1 fully saturated rings. The molecule has 0 saturated heterocycles. The van der Waals surface area contributed by atoms with Crippen LogP contribution in [-0.2, 0) is 17.6 Å². The van der Waals surface area contributed by atoms with Crippen LogP contribution >= 0.6 is 34.7 Å². The molecule has 162 valence electrons. The summed E-state index contributed by atoms with van der Waals surface area (Å²) in [6, 6.07) is 3.61. The van der Waals surface area contributed by atoms with Gasteiger partial charge in [-0.25, -0.2) is 9.97 Å². The highest BCUT2D eigenvalue weighted by Gasteiger charge is 2.27. The molecule has 6 nitrogen and oxygen atoms in total. The average molecular weight is 475 g/mol. The number of hydrogen-bond acceptors (Lipinski definition) is 6. The molecule has 0 aromatic carbocycles. The molecule has 9 heteroatoms. The summed E-state index contributed by atoms with van der Waals surface area (Å²) < 4.78 is 1.88. The second-order valence-electron chi connectivity index (χ2n) is 8.08. The molecule has 0 aliphatic heterocycles. The maximum absolute atomic E-state index is 13.6. The highest BCUT2D eigenvalue weighted by Crippen LogP contribution is 2.37. The van der Waals surface area contributed by atoms with Crippen LogP contribution < -0.4 is 10.9 Å². The van der Waals surface area contributed by atoms with E-state index in [1.54, 1.807) is 29.7 Å². The van der Waals surface area contributed by atoms with Crippen molar-refractivity contribution in [3.8, 4) is 0 Å². The number of carbonyl (C=O) groups excluding carboxylic acids is 1. The molecule has 3 aromatic rings. The smallest absolute Gasteiger partial charge is 0.263 e. The summed E-state index contributed by atoms with van der Waals surface area (Å²) in [6.07, 6.45) is 10.1. The molecule has 3 aromatic heterocycles. The van der Waals surface area contributed by atoms with Gasteiger partial charge in [0.1, 0.15) is 4.83 Å². The van der Waals surface area contributed by atoms with Gasteiger partial charge in [-0.2, -0.15) is 0 Å². The van der Waals surface area contributed by atoms with Gasteiger partial charge in [-0.1, -0.05) is 36.2 Å². The number of anilines is 1. The van der Waals surface area contributed by atoms with E-state index >= 15 is 0 Å². The Kier molecular flexibility index (Phi) is 6.03. The third kappa shape index (κ3) is 4.13. The van der Waals surface area contributed by atoms with Crippen molar-refractivity contribution in [3.05, 3.63) is 44.3 Å². The molecule has 1 saturated carbocycles. The first-order valence-electron chi connectivity index (χ1n) is 10.7. The molecule has 0 radical (unpaired) electrons. The number of halogens is 1. The number of nitrogens with zero attached hydrogens (tertiary/aromatic N) is 3. The van der Waals surface area contributed by atoms with Crippen molar-refractivity contribution in [2.75, 3.05) is 11.1 Å². The molecule has 31 heavy (non-hydrogen) atoms. The van der Waals surface area contributed by atoms with Crippen LogP contribution in [0.4, 0.5) is 5.69 Å². The van der Waals surface area contributed by atoms with E-state index in [2.05, 4.69) is 10.3 Å². The summed E-state index contributed by atoms with van der Waals surface area (Å²) >= 11 is 9.02. The number of thioether (sulfide) groups is 1. The van der Waals surface area contributed by atoms with Crippen molar-refractivity contribution < 1.29 is 4.79 Å². The minimum atomic E-state index is -0.197. The summed E-state index contributed by atoms with van der Waals surface area (Å²) in [5.41, 5.74) is 1.78. The number of nitrogens with one attached hydrogen (secondary N) is 1. The van der Waals surface area contributed by atoms with E-state index in [1.807, 2.05) is 4.57 Å². The zero-order valence-corrected chi connectivity index (χ0v) is 19.4. The van der Waals surface area contributed by atoms with Crippen molar-refractivity contribution in [1.82, 2.24) is 14.5 Å². The van der Waals surface area contributed by atoms with E-state index in [4.69, 9.17) is 16.6 Å². The van der Waals surface area contributed by atoms with Crippen LogP contribution in [0.3, 0.4) is 0 Å². The van der Waals surface area contributed by atoms with Crippen molar-refractivity contribution in [3.63, 3.8) is 0 Å². The molecule has 2 aliphatic rings. The normalized spacial score (nSPS) is 16.5. The Balaban J connectivity index is 1.47. The van der Waals surface area contributed by atoms with Crippen molar-refractivity contribution in [2.45, 2.75) is 62.6 Å². The number of fused-ring (bicyclic) bond motifs is 3. The minimum absolute atomic E-state index is 0.0783. The van der Waals surface area contributed by atoms with Crippen LogP contribution in [0.1, 0.15) is 55.0 Å². The first-order chi connectivity index (χ1) is 15.1. The maximum Gasteiger partial charge on any atom is 0.263 e. The largest absolute Gasteiger partial charge is 0.323 e. The van der Waals surface area contributed by atoms with E-state index in [-0.39, 0.29) is 28.4 Å². The predicted octanol–water partition coefficient (Wildman–Crippen LogP) is 5.23. The zero-order chi connectivity index (χ0) is 21.4. The molecule has 3 heterocycles. The Labute approximate surface area is 193 Å². The van der Waals surface area contributed by atoms with E-state index in [0.29, 0.717) is 10.8 Å². The van der Waals surface area contributed by atoms with Crippen LogP contribution in [0.25, 0.3) is 10.2 Å². The average Bonchev–Trinajstić information content (AvgIpc) is 3.41. The lowest BCUT2D eigenvalue weighted by Gasteiger charge is -2.18. The second-order valence-corrected chi connectivity index (χ2v) is 10.5. The van der Waals surface area contributed by atoms with Crippen LogP contribution in [0.2, 0.25) is 5.15 Å². The topological polar surface area (TPSA) is 76.9 Å². The zero-order valence-electron chi connectivity index (χ0n) is 17.0. The third-order valence-electron chi connectivity index (χ3n) is 6.04. The fourth-order valence-corrected chi connectivity index (χ4v) is 6.92. The van der Waals surface area contributed by atoms with Crippen LogP contribution in [0, 0.1) is 0 Å². The molecule has 1 amide bonds. The van der Waals surface area contributed by atoms with E-state index in [1.165, 1.54) is 28.6 Å². The quantitative estimate of drug-likeness (QED) is 0.311. The predicted molar refractivity (Wildman–Crippen MR) is 127 cm³/mol. The molecule has 0 spiro atoms. The minimum Gasteiger partial charge on any atom is -0.323 e. The summed E-state index contributed by atoms with van der Waals surface area (Å²) in [4.78, 5) is 37.2. The Morgan fingerprint density at radius 3 is 2.87 bits per heavy atom. The highest BCUT2D eigenvalue weighted by molar-refractivity contribution is 7.99. The number of aryl methyl sites for hydroxylation is 2. The Morgan fingerprint density at radius 2 is 2.06 bits per heavy atom. The Morgan fingerprint density at radius 1 is 1.26 bits per heavy atom. The maximum atomic E-state index is 13.6. The molecule has 0 unspecified atom stereocenters. The first kappa shape index (κ1) is 21.0. The van der Waals surface area contributed by atoms with Gasteiger partial charge in [0, 0.05) is 17.1 Å². The standard InChI is InChI=1S/C22H23ClN4O2S2/c23-19-15(9-5-11-24-19)25-17(28)12-30-22-26-20-18(14-8-3-4-10-16(14)31-20)21(29)27(22)13-6-1-2-7-13/h5,9,11,13H,1-4,6-8,10,12H2,(H,25,28). The van der Waals surface area contributed by atoms with Gasteiger partial charge >= 0.3 is 0 Å². The van der Waals surface area contributed by atoms with Gasteiger partial charge in [0.05, 0.1) is 16.8 Å². The summed E-state index contributed by atoms with van der Waals surface area (Å²) in [5, 5.41) is 4.52. The monoisotopic (exact) mass is 474 g/mol. The number of hydrogen-bond donors (Lipinski definition) is 1. The van der Waals surface area contributed by atoms with E-state index in [9.17, 15) is 9.59 Å². The number of thiophene rings is 1. The molecular formula is C22H23ClN4O2S2. The van der Waals surface area contributed by atoms with Crippen LogP contribution in [0.5, 0.6) is 0 Å². The molecule has 2 aliphatic carbocycles. The number of aromatic nitrogens is 3. The van der Waals surface area contributed by atoms with Gasteiger partial charge in [0.2, 0.25) is 5.91 Å². The molecule has 0 bridgehead atoms. The second kappa shape index (κ2) is 8.92. The lowest BCUT2D eigenvalue weighted by Crippen LogP contribution is -2.27. The van der Waals surface area contributed by atoms with Crippen LogP contribution in [-0.4, -0.2) is 26.2 Å². The van der Waals surface area contributed by atoms with Gasteiger partial charge in [-0.05, 0) is 56.2 Å².